The van der Waals surface area contributed by atoms with Gasteiger partial charge in [0.25, 0.3) is 5.91 Å². The van der Waals surface area contributed by atoms with E-state index in [2.05, 4.69) is 10.3 Å². The predicted molar refractivity (Wildman–Crippen MR) is 166 cm³/mol. The SMILES string of the molecule is CCOC(=O)c1ccc2c(c1)sc(=NC(=O)CS(=O)(=O)CC(=O)Nc1sc(C(=O)OCC)c(C)c1C(=O)OCC)n2CCOC. The maximum atomic E-state index is 12.9. The highest BCUT2D eigenvalue weighted by molar-refractivity contribution is 7.92. The summed E-state index contributed by atoms with van der Waals surface area (Å²) in [6.07, 6.45) is 0. The number of thiophene rings is 1. The van der Waals surface area contributed by atoms with E-state index in [1.807, 2.05) is 0 Å². The highest BCUT2D eigenvalue weighted by atomic mass is 32.2. The van der Waals surface area contributed by atoms with Gasteiger partial charge in [-0.2, -0.15) is 4.99 Å². The van der Waals surface area contributed by atoms with E-state index in [-0.39, 0.29) is 58.8 Å². The van der Waals surface area contributed by atoms with Crippen LogP contribution in [0, 0.1) is 6.92 Å². The van der Waals surface area contributed by atoms with Crippen molar-refractivity contribution in [2.24, 2.45) is 4.99 Å². The summed E-state index contributed by atoms with van der Waals surface area (Å²) in [5, 5.41) is 2.27. The van der Waals surface area contributed by atoms with Crippen molar-refractivity contribution in [3.8, 4) is 0 Å². The van der Waals surface area contributed by atoms with Gasteiger partial charge in [0.15, 0.2) is 14.6 Å². The van der Waals surface area contributed by atoms with Crippen molar-refractivity contribution in [1.82, 2.24) is 4.57 Å². The largest absolute Gasteiger partial charge is 0.462 e. The van der Waals surface area contributed by atoms with Gasteiger partial charge in [-0.3, -0.25) is 9.59 Å². The molecule has 2 aromatic heterocycles. The van der Waals surface area contributed by atoms with E-state index in [1.54, 1.807) is 43.5 Å². The van der Waals surface area contributed by atoms with Crippen molar-refractivity contribution in [3.63, 3.8) is 0 Å². The number of hydrogen-bond donors (Lipinski definition) is 1. The molecule has 17 heteroatoms. The van der Waals surface area contributed by atoms with E-state index in [4.69, 9.17) is 18.9 Å². The lowest BCUT2D eigenvalue weighted by atomic mass is 10.1. The van der Waals surface area contributed by atoms with Crippen LogP contribution in [0.4, 0.5) is 5.00 Å². The molecule has 3 rings (SSSR count). The third-order valence-corrected chi connectivity index (χ3v) is 9.58. The first-order valence-electron chi connectivity index (χ1n) is 13.7. The van der Waals surface area contributed by atoms with Gasteiger partial charge in [-0.05, 0) is 51.5 Å². The lowest BCUT2D eigenvalue weighted by Crippen LogP contribution is -2.28. The molecule has 0 aliphatic rings. The number of esters is 3. The van der Waals surface area contributed by atoms with Crippen LogP contribution in [-0.2, 0) is 44.9 Å². The fraction of sp³-hybridized carbons (Fsp3) is 0.429. The second-order valence-electron chi connectivity index (χ2n) is 9.22. The minimum atomic E-state index is -4.32. The molecular formula is C28H33N3O11S3. The minimum Gasteiger partial charge on any atom is -0.462 e. The summed E-state index contributed by atoms with van der Waals surface area (Å²) in [7, 11) is -2.83. The number of amides is 2. The number of carbonyl (C=O) groups is 5. The van der Waals surface area contributed by atoms with Crippen molar-refractivity contribution in [1.29, 1.82) is 0 Å². The van der Waals surface area contributed by atoms with Gasteiger partial charge < -0.3 is 28.8 Å². The van der Waals surface area contributed by atoms with E-state index in [0.717, 1.165) is 22.7 Å². The summed E-state index contributed by atoms with van der Waals surface area (Å²) in [4.78, 5) is 67.0. The first-order valence-corrected chi connectivity index (χ1v) is 17.2. The molecule has 1 N–H and O–H groups in total. The second-order valence-corrected chi connectivity index (χ2v) is 13.3. The smallest absolute Gasteiger partial charge is 0.348 e. The fourth-order valence-electron chi connectivity index (χ4n) is 4.08. The van der Waals surface area contributed by atoms with Crippen molar-refractivity contribution in [2.75, 3.05) is 50.4 Å². The summed E-state index contributed by atoms with van der Waals surface area (Å²) in [6, 6.07) is 4.84. The summed E-state index contributed by atoms with van der Waals surface area (Å²) in [5.41, 5.74) is 1.06. The zero-order valence-electron chi connectivity index (χ0n) is 25.3. The molecule has 3 aromatic rings. The molecule has 0 atom stereocenters. The highest BCUT2D eigenvalue weighted by Gasteiger charge is 2.29. The molecule has 1 aromatic carbocycles. The summed E-state index contributed by atoms with van der Waals surface area (Å²) in [6.45, 7) is 7.20. The highest BCUT2D eigenvalue weighted by Crippen LogP contribution is 2.34. The molecule has 0 aliphatic carbocycles. The van der Waals surface area contributed by atoms with Gasteiger partial charge in [0.1, 0.15) is 21.4 Å². The van der Waals surface area contributed by atoms with Crippen LogP contribution in [0.5, 0.6) is 0 Å². The Morgan fingerprint density at radius 2 is 1.56 bits per heavy atom. The normalized spacial score (nSPS) is 11.8. The molecule has 14 nitrogen and oxygen atoms in total. The minimum absolute atomic E-state index is 0.0219. The van der Waals surface area contributed by atoms with Gasteiger partial charge in [-0.25, -0.2) is 22.8 Å². The van der Waals surface area contributed by atoms with E-state index >= 15 is 0 Å². The molecule has 2 amide bonds. The molecule has 244 valence electrons. The van der Waals surface area contributed by atoms with Crippen LogP contribution in [0.15, 0.2) is 23.2 Å². The third kappa shape index (κ3) is 9.06. The van der Waals surface area contributed by atoms with Crippen molar-refractivity contribution < 1.29 is 51.3 Å². The molecule has 0 unspecified atom stereocenters. The maximum absolute atomic E-state index is 12.9. The summed E-state index contributed by atoms with van der Waals surface area (Å²) < 4.78 is 48.2. The number of benzene rings is 1. The number of ether oxygens (including phenoxy) is 4. The van der Waals surface area contributed by atoms with Gasteiger partial charge in [0.05, 0.1) is 47.8 Å². The fourth-order valence-corrected chi connectivity index (χ4v) is 7.31. The zero-order valence-corrected chi connectivity index (χ0v) is 27.7. The molecule has 0 aliphatic heterocycles. The van der Waals surface area contributed by atoms with Gasteiger partial charge in [-0.1, -0.05) is 11.3 Å². The summed E-state index contributed by atoms with van der Waals surface area (Å²) >= 11 is 1.81. The maximum Gasteiger partial charge on any atom is 0.348 e. The van der Waals surface area contributed by atoms with Crippen molar-refractivity contribution in [2.45, 2.75) is 34.2 Å². The first-order chi connectivity index (χ1) is 21.3. The topological polar surface area (TPSA) is 186 Å². The number of nitrogens with zero attached hydrogens (tertiary/aromatic N) is 2. The average Bonchev–Trinajstić information content (AvgIpc) is 3.46. The van der Waals surface area contributed by atoms with Crippen LogP contribution in [0.1, 0.15) is 56.7 Å². The van der Waals surface area contributed by atoms with Crippen LogP contribution < -0.4 is 10.1 Å². The Bertz CT molecular complexity index is 1790. The van der Waals surface area contributed by atoms with Gasteiger partial charge >= 0.3 is 17.9 Å². The predicted octanol–water partition coefficient (Wildman–Crippen LogP) is 2.73. The van der Waals surface area contributed by atoms with Crippen LogP contribution in [-0.4, -0.2) is 87.8 Å². The Hall–Kier alpha value is -3.93. The Kier molecular flexibility index (Phi) is 12.5. The van der Waals surface area contributed by atoms with Gasteiger partial charge in [-0.15, -0.1) is 11.3 Å². The molecule has 0 fully saturated rings. The number of methoxy groups -OCH3 is 1. The molecule has 2 heterocycles. The standard InChI is InChI=1S/C28H33N3O11S3/c1-6-40-25(34)17-9-10-18-19(13-17)43-28(31(18)11-12-39-5)30-21(33)15-45(37,38)14-20(32)29-24-22(26(35)41-7-2)16(4)23(44-24)27(36)42-8-3/h9-10,13H,6-8,11-12,14-15H2,1-5H3,(H,29,32). The van der Waals surface area contributed by atoms with E-state index in [1.165, 1.54) is 14.0 Å². The molecular weight excluding hydrogens is 651 g/mol. The number of sulfone groups is 1. The zero-order chi connectivity index (χ0) is 33.3. The molecule has 0 spiro atoms. The number of carbonyl (C=O) groups excluding carboxylic acids is 5. The van der Waals surface area contributed by atoms with Crippen molar-refractivity contribution >= 4 is 77.5 Å². The Morgan fingerprint density at radius 3 is 2.20 bits per heavy atom. The molecule has 0 saturated heterocycles. The van der Waals surface area contributed by atoms with Crippen LogP contribution in [0.2, 0.25) is 0 Å². The lowest BCUT2D eigenvalue weighted by Gasteiger charge is -2.07. The Labute approximate surface area is 266 Å². The number of fused-ring (bicyclic) bond motifs is 1. The third-order valence-electron chi connectivity index (χ3n) is 5.97. The Balaban J connectivity index is 1.84. The molecule has 0 saturated carbocycles. The number of thiazole rings is 1. The number of nitrogens with one attached hydrogen (secondary N) is 1. The van der Waals surface area contributed by atoms with Gasteiger partial charge in [0, 0.05) is 13.7 Å². The number of aromatic nitrogens is 1. The number of rotatable bonds is 14. The Morgan fingerprint density at radius 1 is 0.911 bits per heavy atom. The van der Waals surface area contributed by atoms with E-state index < -0.39 is 51.1 Å². The number of anilines is 1. The molecule has 0 radical (unpaired) electrons. The monoisotopic (exact) mass is 683 g/mol. The lowest BCUT2D eigenvalue weighted by molar-refractivity contribution is -0.115. The van der Waals surface area contributed by atoms with E-state index in [9.17, 15) is 32.4 Å². The van der Waals surface area contributed by atoms with Crippen LogP contribution >= 0.6 is 22.7 Å². The van der Waals surface area contributed by atoms with Crippen LogP contribution in [0.25, 0.3) is 10.2 Å². The molecule has 0 bridgehead atoms. The molecule has 45 heavy (non-hydrogen) atoms. The number of hydrogen-bond acceptors (Lipinski definition) is 13. The summed E-state index contributed by atoms with van der Waals surface area (Å²) in [5.74, 6) is -6.26. The first kappa shape index (κ1) is 35.5. The quantitative estimate of drug-likeness (QED) is 0.195. The van der Waals surface area contributed by atoms with Crippen molar-refractivity contribution in [3.05, 3.63) is 44.6 Å². The average molecular weight is 684 g/mol. The van der Waals surface area contributed by atoms with Crippen LogP contribution in [0.3, 0.4) is 0 Å². The van der Waals surface area contributed by atoms with Gasteiger partial charge in [0.2, 0.25) is 5.91 Å². The van der Waals surface area contributed by atoms with E-state index in [0.29, 0.717) is 15.8 Å². The second kappa shape index (κ2) is 15.9.